The van der Waals surface area contributed by atoms with E-state index in [-0.39, 0.29) is 0 Å². The number of benzene rings is 1. The minimum atomic E-state index is 0.542. The second-order valence-corrected chi connectivity index (χ2v) is 5.15. The lowest BCUT2D eigenvalue weighted by molar-refractivity contribution is 0.112. The summed E-state index contributed by atoms with van der Waals surface area (Å²) in [6.45, 7) is 0. The Morgan fingerprint density at radius 3 is 2.53 bits per heavy atom. The first-order valence-electron chi connectivity index (χ1n) is 4.73. The first-order valence-corrected chi connectivity index (χ1v) is 6.30. The monoisotopic (exact) mass is 283 g/mol. The number of halogens is 2. The minimum Gasteiger partial charge on any atom is -0.298 e. The van der Waals surface area contributed by atoms with Crippen molar-refractivity contribution in [1.29, 1.82) is 0 Å². The van der Waals surface area contributed by atoms with E-state index in [2.05, 4.69) is 4.98 Å². The van der Waals surface area contributed by atoms with Gasteiger partial charge in [0.05, 0.1) is 5.02 Å². The molecule has 0 radical (unpaired) electrons. The quantitative estimate of drug-likeness (QED) is 0.785. The molecular formula is C12H7Cl2NOS. The molecule has 2 rings (SSSR count). The van der Waals surface area contributed by atoms with E-state index in [1.807, 2.05) is 0 Å². The zero-order chi connectivity index (χ0) is 12.3. The number of hydrogen-bond donors (Lipinski definition) is 0. The summed E-state index contributed by atoms with van der Waals surface area (Å²) < 4.78 is 0. The average Bonchev–Trinajstić information content (AvgIpc) is 2.34. The number of pyridine rings is 1. The summed E-state index contributed by atoms with van der Waals surface area (Å²) in [5.74, 6) is 0. The van der Waals surface area contributed by atoms with E-state index in [1.54, 1.807) is 36.5 Å². The number of aromatic nitrogens is 1. The standard InChI is InChI=1S/C12H7Cl2NOS/c13-9-1-3-11(8(5-9)7-16)17-12-4-2-10(14)6-15-12/h1-7H. The molecule has 0 aliphatic rings. The van der Waals surface area contributed by atoms with Crippen molar-refractivity contribution in [2.75, 3.05) is 0 Å². The van der Waals surface area contributed by atoms with Crippen molar-refractivity contribution >= 4 is 41.2 Å². The van der Waals surface area contributed by atoms with Crippen LogP contribution in [0.15, 0.2) is 46.5 Å². The number of carbonyl (C=O) groups is 1. The molecule has 0 fully saturated rings. The Bertz CT molecular complexity index is 543. The molecule has 5 heteroatoms. The van der Waals surface area contributed by atoms with Crippen LogP contribution >= 0.6 is 35.0 Å². The second kappa shape index (κ2) is 5.54. The molecule has 86 valence electrons. The van der Waals surface area contributed by atoms with Crippen molar-refractivity contribution in [2.24, 2.45) is 0 Å². The number of rotatable bonds is 3. The molecule has 2 aromatic rings. The SMILES string of the molecule is O=Cc1cc(Cl)ccc1Sc1ccc(Cl)cn1. The van der Waals surface area contributed by atoms with Gasteiger partial charge in [-0.2, -0.15) is 0 Å². The van der Waals surface area contributed by atoms with E-state index in [9.17, 15) is 4.79 Å². The molecule has 0 spiro atoms. The normalized spacial score (nSPS) is 10.2. The predicted octanol–water partition coefficient (Wildman–Crippen LogP) is 4.35. The molecule has 0 unspecified atom stereocenters. The summed E-state index contributed by atoms with van der Waals surface area (Å²) in [6, 6.07) is 8.73. The Kier molecular flexibility index (Phi) is 4.05. The summed E-state index contributed by atoms with van der Waals surface area (Å²) in [6.07, 6.45) is 2.35. The molecule has 0 N–H and O–H groups in total. The van der Waals surface area contributed by atoms with E-state index < -0.39 is 0 Å². The van der Waals surface area contributed by atoms with Crippen molar-refractivity contribution in [1.82, 2.24) is 4.98 Å². The summed E-state index contributed by atoms with van der Waals surface area (Å²) in [7, 11) is 0. The van der Waals surface area contributed by atoms with Crippen LogP contribution in [0.25, 0.3) is 0 Å². The Morgan fingerprint density at radius 2 is 1.88 bits per heavy atom. The molecule has 1 heterocycles. The maximum atomic E-state index is 10.9. The fourth-order valence-electron chi connectivity index (χ4n) is 1.24. The molecule has 0 aliphatic carbocycles. The molecule has 1 aromatic carbocycles. The molecule has 1 aromatic heterocycles. The Labute approximate surface area is 113 Å². The fraction of sp³-hybridized carbons (Fsp3) is 0. The molecule has 0 bridgehead atoms. The second-order valence-electron chi connectivity index (χ2n) is 3.22. The summed E-state index contributed by atoms with van der Waals surface area (Å²) in [5.41, 5.74) is 0.555. The molecule has 0 saturated heterocycles. The third-order valence-electron chi connectivity index (χ3n) is 2.01. The summed E-state index contributed by atoms with van der Waals surface area (Å²) in [4.78, 5) is 15.9. The van der Waals surface area contributed by atoms with E-state index >= 15 is 0 Å². The lowest BCUT2D eigenvalue weighted by Crippen LogP contribution is -1.86. The molecule has 0 aliphatic heterocycles. The maximum absolute atomic E-state index is 10.9. The van der Waals surface area contributed by atoms with Crippen molar-refractivity contribution in [3.05, 3.63) is 52.1 Å². The van der Waals surface area contributed by atoms with E-state index in [4.69, 9.17) is 23.2 Å². The van der Waals surface area contributed by atoms with Gasteiger partial charge in [-0.25, -0.2) is 4.98 Å². The van der Waals surface area contributed by atoms with Gasteiger partial charge in [0.25, 0.3) is 0 Å². The molecule has 17 heavy (non-hydrogen) atoms. The van der Waals surface area contributed by atoms with Gasteiger partial charge in [0.15, 0.2) is 6.29 Å². The van der Waals surface area contributed by atoms with Gasteiger partial charge in [0.2, 0.25) is 0 Å². The maximum Gasteiger partial charge on any atom is 0.151 e. The highest BCUT2D eigenvalue weighted by Crippen LogP contribution is 2.30. The molecule has 0 amide bonds. The highest BCUT2D eigenvalue weighted by Gasteiger charge is 2.05. The number of carbonyl (C=O) groups excluding carboxylic acids is 1. The first-order chi connectivity index (χ1) is 8.19. The van der Waals surface area contributed by atoms with Crippen LogP contribution < -0.4 is 0 Å². The largest absolute Gasteiger partial charge is 0.298 e. The van der Waals surface area contributed by atoms with E-state index in [0.717, 1.165) is 16.2 Å². The summed E-state index contributed by atoms with van der Waals surface area (Å²) in [5, 5.41) is 1.90. The van der Waals surface area contributed by atoms with Gasteiger partial charge in [-0.1, -0.05) is 35.0 Å². The smallest absolute Gasteiger partial charge is 0.151 e. The molecule has 0 atom stereocenters. The Morgan fingerprint density at radius 1 is 1.12 bits per heavy atom. The van der Waals surface area contributed by atoms with Gasteiger partial charge in [-0.05, 0) is 30.3 Å². The minimum absolute atomic E-state index is 0.542. The lowest BCUT2D eigenvalue weighted by Gasteiger charge is -2.04. The number of aldehydes is 1. The highest BCUT2D eigenvalue weighted by molar-refractivity contribution is 7.99. The van der Waals surface area contributed by atoms with E-state index in [0.29, 0.717) is 15.6 Å². The van der Waals surface area contributed by atoms with Crippen molar-refractivity contribution in [3.63, 3.8) is 0 Å². The third kappa shape index (κ3) is 3.22. The van der Waals surface area contributed by atoms with Crippen LogP contribution in [-0.2, 0) is 0 Å². The van der Waals surface area contributed by atoms with Crippen LogP contribution in [0.1, 0.15) is 10.4 Å². The lowest BCUT2D eigenvalue weighted by atomic mass is 10.2. The fourth-order valence-corrected chi connectivity index (χ4v) is 2.36. The van der Waals surface area contributed by atoms with Crippen LogP contribution in [-0.4, -0.2) is 11.3 Å². The van der Waals surface area contributed by atoms with Crippen LogP contribution in [0.4, 0.5) is 0 Å². The molecular weight excluding hydrogens is 277 g/mol. The zero-order valence-corrected chi connectivity index (χ0v) is 10.9. The van der Waals surface area contributed by atoms with Gasteiger partial charge in [0, 0.05) is 21.7 Å². The van der Waals surface area contributed by atoms with Gasteiger partial charge in [0.1, 0.15) is 5.03 Å². The van der Waals surface area contributed by atoms with Crippen molar-refractivity contribution < 1.29 is 4.79 Å². The number of nitrogens with zero attached hydrogens (tertiary/aromatic N) is 1. The van der Waals surface area contributed by atoms with Gasteiger partial charge in [-0.15, -0.1) is 0 Å². The van der Waals surface area contributed by atoms with E-state index in [1.165, 1.54) is 11.8 Å². The highest BCUT2D eigenvalue weighted by atomic mass is 35.5. The molecule has 2 nitrogen and oxygen atoms in total. The third-order valence-corrected chi connectivity index (χ3v) is 3.51. The van der Waals surface area contributed by atoms with Crippen molar-refractivity contribution in [3.8, 4) is 0 Å². The predicted molar refractivity (Wildman–Crippen MR) is 70.2 cm³/mol. The van der Waals surface area contributed by atoms with Gasteiger partial charge in [-0.3, -0.25) is 4.79 Å². The van der Waals surface area contributed by atoms with Gasteiger partial charge < -0.3 is 0 Å². The van der Waals surface area contributed by atoms with Crippen LogP contribution in [0, 0.1) is 0 Å². The average molecular weight is 284 g/mol. The van der Waals surface area contributed by atoms with Crippen molar-refractivity contribution in [2.45, 2.75) is 9.92 Å². The van der Waals surface area contributed by atoms with Gasteiger partial charge >= 0.3 is 0 Å². The summed E-state index contributed by atoms with van der Waals surface area (Å²) >= 11 is 13.0. The zero-order valence-electron chi connectivity index (χ0n) is 8.56. The Hall–Kier alpha value is -1.03. The van der Waals surface area contributed by atoms with Crippen LogP contribution in [0.3, 0.4) is 0 Å². The molecule has 0 saturated carbocycles. The topological polar surface area (TPSA) is 30.0 Å². The van der Waals surface area contributed by atoms with Crippen LogP contribution in [0.2, 0.25) is 10.0 Å². The Balaban J connectivity index is 2.29. The first kappa shape index (κ1) is 12.4. The number of hydrogen-bond acceptors (Lipinski definition) is 3. The van der Waals surface area contributed by atoms with Crippen LogP contribution in [0.5, 0.6) is 0 Å².